The molecule has 0 atom stereocenters. The van der Waals surface area contributed by atoms with Gasteiger partial charge in [0.2, 0.25) is 5.91 Å². The quantitative estimate of drug-likeness (QED) is 0.784. The monoisotopic (exact) mass is 325 g/mol. The van der Waals surface area contributed by atoms with Crippen LogP contribution in [0, 0.1) is 0 Å². The summed E-state index contributed by atoms with van der Waals surface area (Å²) in [5.41, 5.74) is 0.682. The van der Waals surface area contributed by atoms with Crippen molar-refractivity contribution in [2.75, 3.05) is 7.05 Å². The molecule has 0 aliphatic heterocycles. The summed E-state index contributed by atoms with van der Waals surface area (Å²) in [6.45, 7) is 0.258. The van der Waals surface area contributed by atoms with Crippen LogP contribution in [0.25, 0.3) is 6.08 Å². The van der Waals surface area contributed by atoms with Crippen LogP contribution in [0.15, 0.2) is 53.2 Å². The fraction of sp³-hybridized carbons (Fsp3) is 0.188. The van der Waals surface area contributed by atoms with Gasteiger partial charge < -0.3 is 14.1 Å². The normalized spacial score (nSPS) is 11.7. The Hall–Kier alpha value is -2.70. The molecular formula is C16H14F3NO3. The van der Waals surface area contributed by atoms with Crippen LogP contribution in [0.2, 0.25) is 0 Å². The molecule has 0 fully saturated rings. The van der Waals surface area contributed by atoms with E-state index in [1.54, 1.807) is 25.3 Å². The average molecular weight is 325 g/mol. The van der Waals surface area contributed by atoms with Gasteiger partial charge in [-0.25, -0.2) is 0 Å². The lowest BCUT2D eigenvalue weighted by Crippen LogP contribution is -2.24. The average Bonchev–Trinajstić information content (AvgIpc) is 2.98. The Labute approximate surface area is 130 Å². The Balaban J connectivity index is 1.91. The smallest absolute Gasteiger partial charge is 0.465 e. The maximum absolute atomic E-state index is 12.1. The number of hydrogen-bond acceptors (Lipinski definition) is 3. The molecule has 0 aliphatic rings. The highest BCUT2D eigenvalue weighted by molar-refractivity contribution is 5.91. The summed E-state index contributed by atoms with van der Waals surface area (Å²) >= 11 is 0. The van der Waals surface area contributed by atoms with Crippen molar-refractivity contribution in [3.05, 3.63) is 60.1 Å². The Morgan fingerprint density at radius 3 is 2.52 bits per heavy atom. The summed E-state index contributed by atoms with van der Waals surface area (Å²) in [4.78, 5) is 13.4. The van der Waals surface area contributed by atoms with Gasteiger partial charge in [-0.3, -0.25) is 4.79 Å². The zero-order valence-corrected chi connectivity index (χ0v) is 12.2. The number of carbonyl (C=O) groups is 1. The third-order valence-corrected chi connectivity index (χ3v) is 2.89. The van der Waals surface area contributed by atoms with Crippen LogP contribution in [-0.4, -0.2) is 24.2 Å². The zero-order valence-electron chi connectivity index (χ0n) is 12.2. The van der Waals surface area contributed by atoms with Gasteiger partial charge in [-0.2, -0.15) is 0 Å². The van der Waals surface area contributed by atoms with Crippen LogP contribution in [0.4, 0.5) is 13.2 Å². The van der Waals surface area contributed by atoms with Crippen molar-refractivity contribution in [2.45, 2.75) is 12.9 Å². The zero-order chi connectivity index (χ0) is 16.9. The Morgan fingerprint density at radius 1 is 1.26 bits per heavy atom. The lowest BCUT2D eigenvalue weighted by molar-refractivity contribution is -0.274. The highest BCUT2D eigenvalue weighted by Gasteiger charge is 2.30. The molecule has 1 aromatic carbocycles. The number of amides is 1. The van der Waals surface area contributed by atoms with Crippen LogP contribution < -0.4 is 4.74 Å². The highest BCUT2D eigenvalue weighted by atomic mass is 19.4. The summed E-state index contributed by atoms with van der Waals surface area (Å²) in [6, 6.07) is 8.78. The molecule has 0 bridgehead atoms. The molecular weight excluding hydrogens is 311 g/mol. The van der Waals surface area contributed by atoms with Crippen LogP contribution in [0.3, 0.4) is 0 Å². The van der Waals surface area contributed by atoms with Gasteiger partial charge in [-0.1, -0.05) is 12.1 Å². The molecule has 0 saturated carbocycles. The molecule has 1 aromatic heterocycles. The second kappa shape index (κ2) is 7.04. The largest absolute Gasteiger partial charge is 0.573 e. The minimum atomic E-state index is -4.72. The first-order valence-electron chi connectivity index (χ1n) is 6.65. The van der Waals surface area contributed by atoms with E-state index in [9.17, 15) is 18.0 Å². The van der Waals surface area contributed by atoms with E-state index in [4.69, 9.17) is 4.42 Å². The number of likely N-dealkylation sites (N-methyl/N-ethyl adjacent to an activating group) is 1. The standard InChI is InChI=1S/C16H14F3NO3/c1-20(15(21)9-8-13-3-2-10-22-13)11-12-4-6-14(7-5-12)23-16(17,18)19/h2-10H,11H2,1H3/b9-8+. The van der Waals surface area contributed by atoms with Crippen molar-refractivity contribution in [3.8, 4) is 5.75 Å². The van der Waals surface area contributed by atoms with Gasteiger partial charge in [0.15, 0.2) is 0 Å². The molecule has 122 valence electrons. The first-order chi connectivity index (χ1) is 10.8. The van der Waals surface area contributed by atoms with E-state index < -0.39 is 6.36 Å². The predicted molar refractivity (Wildman–Crippen MR) is 77.3 cm³/mol. The first-order valence-corrected chi connectivity index (χ1v) is 6.65. The molecule has 0 N–H and O–H groups in total. The topological polar surface area (TPSA) is 42.7 Å². The molecule has 2 rings (SSSR count). The van der Waals surface area contributed by atoms with Gasteiger partial charge in [-0.05, 0) is 35.9 Å². The maximum Gasteiger partial charge on any atom is 0.573 e. The Bertz CT molecular complexity index is 661. The SMILES string of the molecule is CN(Cc1ccc(OC(F)(F)F)cc1)C(=O)/C=C/c1ccco1. The number of rotatable bonds is 5. The van der Waals surface area contributed by atoms with E-state index >= 15 is 0 Å². The van der Waals surface area contributed by atoms with Crippen LogP contribution in [0.5, 0.6) is 5.75 Å². The Morgan fingerprint density at radius 2 is 1.96 bits per heavy atom. The van der Waals surface area contributed by atoms with E-state index in [1.807, 2.05) is 0 Å². The van der Waals surface area contributed by atoms with Gasteiger partial charge in [0.25, 0.3) is 0 Å². The lowest BCUT2D eigenvalue weighted by atomic mass is 10.2. The van der Waals surface area contributed by atoms with Crippen molar-refractivity contribution < 1.29 is 27.1 Å². The molecule has 0 saturated heterocycles. The number of halogens is 3. The van der Waals surface area contributed by atoms with E-state index in [0.717, 1.165) is 0 Å². The fourth-order valence-electron chi connectivity index (χ4n) is 1.82. The Kier molecular flexibility index (Phi) is 5.10. The minimum Gasteiger partial charge on any atom is -0.465 e. The molecule has 1 heterocycles. The summed E-state index contributed by atoms with van der Waals surface area (Å²) in [5, 5.41) is 0. The molecule has 23 heavy (non-hydrogen) atoms. The van der Waals surface area contributed by atoms with Crippen LogP contribution >= 0.6 is 0 Å². The lowest BCUT2D eigenvalue weighted by Gasteiger charge is -2.15. The number of ether oxygens (including phenoxy) is 1. The van der Waals surface area contributed by atoms with Crippen LogP contribution in [0.1, 0.15) is 11.3 Å². The maximum atomic E-state index is 12.1. The van der Waals surface area contributed by atoms with Gasteiger partial charge in [0, 0.05) is 19.7 Å². The van der Waals surface area contributed by atoms with E-state index in [2.05, 4.69) is 4.74 Å². The predicted octanol–water partition coefficient (Wildman–Crippen LogP) is 3.85. The summed E-state index contributed by atoms with van der Waals surface area (Å²) in [6.07, 6.45) is -0.317. The molecule has 1 amide bonds. The van der Waals surface area contributed by atoms with Crippen molar-refractivity contribution >= 4 is 12.0 Å². The minimum absolute atomic E-state index is 0.253. The molecule has 4 nitrogen and oxygen atoms in total. The molecule has 0 radical (unpaired) electrons. The van der Waals surface area contributed by atoms with Gasteiger partial charge in [0.1, 0.15) is 11.5 Å². The number of benzene rings is 1. The summed E-state index contributed by atoms with van der Waals surface area (Å²) in [7, 11) is 1.59. The second-order valence-corrected chi connectivity index (χ2v) is 4.73. The van der Waals surface area contributed by atoms with Crippen LogP contribution in [-0.2, 0) is 11.3 Å². The molecule has 2 aromatic rings. The number of furan rings is 1. The molecule has 0 spiro atoms. The van der Waals surface area contributed by atoms with Gasteiger partial charge >= 0.3 is 6.36 Å². The number of hydrogen-bond donors (Lipinski definition) is 0. The van der Waals surface area contributed by atoms with Crippen molar-refractivity contribution in [1.82, 2.24) is 4.90 Å². The molecule has 7 heteroatoms. The van der Waals surface area contributed by atoms with Crippen molar-refractivity contribution in [2.24, 2.45) is 0 Å². The van der Waals surface area contributed by atoms with E-state index in [1.165, 1.54) is 41.5 Å². The van der Waals surface area contributed by atoms with Crippen molar-refractivity contribution in [1.29, 1.82) is 0 Å². The first kappa shape index (κ1) is 16.7. The second-order valence-electron chi connectivity index (χ2n) is 4.73. The number of alkyl halides is 3. The van der Waals surface area contributed by atoms with Gasteiger partial charge in [-0.15, -0.1) is 13.2 Å². The number of carbonyl (C=O) groups excluding carboxylic acids is 1. The van der Waals surface area contributed by atoms with E-state index in [0.29, 0.717) is 11.3 Å². The number of nitrogens with zero attached hydrogens (tertiary/aromatic N) is 1. The third-order valence-electron chi connectivity index (χ3n) is 2.89. The van der Waals surface area contributed by atoms with Gasteiger partial charge in [0.05, 0.1) is 6.26 Å². The molecule has 0 aliphatic carbocycles. The fourth-order valence-corrected chi connectivity index (χ4v) is 1.82. The third kappa shape index (κ3) is 5.54. The highest BCUT2D eigenvalue weighted by Crippen LogP contribution is 2.23. The summed E-state index contributed by atoms with van der Waals surface area (Å²) in [5.74, 6) is 0.00497. The summed E-state index contributed by atoms with van der Waals surface area (Å²) < 4.78 is 45.1. The van der Waals surface area contributed by atoms with Crippen molar-refractivity contribution in [3.63, 3.8) is 0 Å². The molecule has 0 unspecified atom stereocenters. The van der Waals surface area contributed by atoms with E-state index in [-0.39, 0.29) is 18.2 Å².